The lowest BCUT2D eigenvalue weighted by Crippen LogP contribution is -2.52. The third kappa shape index (κ3) is 6.41. The van der Waals surface area contributed by atoms with Crippen LogP contribution in [0.4, 0.5) is 5.69 Å². The van der Waals surface area contributed by atoms with E-state index in [1.165, 1.54) is 55.6 Å². The molecule has 12 nitrogen and oxygen atoms in total. The van der Waals surface area contributed by atoms with Gasteiger partial charge < -0.3 is 19.4 Å². The van der Waals surface area contributed by atoms with E-state index >= 15 is 0 Å². The highest BCUT2D eigenvalue weighted by molar-refractivity contribution is 6.35. The van der Waals surface area contributed by atoms with Crippen LogP contribution in [-0.2, 0) is 27.0 Å². The first-order chi connectivity index (χ1) is 29.5. The Bertz CT molecular complexity index is 2550. The van der Waals surface area contributed by atoms with Crippen molar-refractivity contribution in [1.82, 2.24) is 29.6 Å². The van der Waals surface area contributed by atoms with E-state index in [9.17, 15) is 19.2 Å². The smallest absolute Gasteiger partial charge is 0.282 e. The molecule has 13 heteroatoms. The predicted octanol–water partition coefficient (Wildman–Crippen LogP) is 5.79. The number of ether oxygens (including phenoxy) is 1. The Hall–Kier alpha value is -4.78. The summed E-state index contributed by atoms with van der Waals surface area (Å²) in [7, 11) is 0. The Morgan fingerprint density at radius 2 is 1.54 bits per heavy atom. The van der Waals surface area contributed by atoms with Gasteiger partial charge in [0, 0.05) is 73.5 Å². The van der Waals surface area contributed by atoms with E-state index in [1.54, 1.807) is 11.0 Å². The Morgan fingerprint density at radius 3 is 2.26 bits per heavy atom. The number of halogens is 1. The van der Waals surface area contributed by atoms with E-state index in [4.69, 9.17) is 16.3 Å². The third-order valence-corrected chi connectivity index (χ3v) is 15.9. The number of carbonyl (C=O) groups is 3. The number of aromatic nitrogens is 2. The van der Waals surface area contributed by atoms with Crippen molar-refractivity contribution in [2.45, 2.75) is 88.6 Å². The zero-order valence-electron chi connectivity index (χ0n) is 35.2. The maximum absolute atomic E-state index is 13.4. The van der Waals surface area contributed by atoms with Crippen LogP contribution in [0.25, 0.3) is 16.6 Å². The molecule has 3 aromatic carbocycles. The van der Waals surface area contributed by atoms with Gasteiger partial charge in [-0.15, -0.1) is 0 Å². The van der Waals surface area contributed by atoms with Gasteiger partial charge in [0.15, 0.2) is 0 Å². The average molecular weight is 844 g/mol. The molecule has 1 aromatic heterocycles. The topological polar surface area (TPSA) is 120 Å². The summed E-state index contributed by atoms with van der Waals surface area (Å²) in [6.07, 6.45) is 7.91. The van der Waals surface area contributed by atoms with Crippen molar-refractivity contribution in [2.24, 2.45) is 11.8 Å². The minimum absolute atomic E-state index is 0.0283. The SMILES string of the molecule is CC1(C)c2ccc(N3CCN(CC4CCC(CN5CCC6(CC5)COc5c6ccc6c5CN([C@H]5CCC(=O)NC5=O)C6=O)CC4)CC3)cc2-n2c1nc(=O)c1c(Cl)cccc12. The Labute approximate surface area is 361 Å². The zero-order valence-corrected chi connectivity index (χ0v) is 35.9. The molecule has 1 N–H and O–H groups in total. The van der Waals surface area contributed by atoms with Gasteiger partial charge in [0.2, 0.25) is 11.8 Å². The molecule has 11 rings (SSSR count). The minimum atomic E-state index is -0.620. The van der Waals surface area contributed by atoms with E-state index < -0.39 is 11.5 Å². The molecule has 1 aliphatic carbocycles. The molecule has 4 aromatic rings. The number of piperidine rings is 2. The number of hydrogen-bond acceptors (Lipinski definition) is 9. The van der Waals surface area contributed by atoms with E-state index in [0.717, 1.165) is 92.3 Å². The summed E-state index contributed by atoms with van der Waals surface area (Å²) >= 11 is 6.52. The summed E-state index contributed by atoms with van der Waals surface area (Å²) in [5.41, 5.74) is 6.34. The van der Waals surface area contributed by atoms with Crippen LogP contribution in [0.15, 0.2) is 53.3 Å². The maximum Gasteiger partial charge on any atom is 0.282 e. The highest BCUT2D eigenvalue weighted by atomic mass is 35.5. The molecule has 0 bridgehead atoms. The summed E-state index contributed by atoms with van der Waals surface area (Å²) in [4.78, 5) is 64.9. The standard InChI is InChI=1S/C48H54ClN7O5/c1-47(2)34-12-10-31(24-39(34)56-37-5-3-4-36(49)41(37)44(59)51-46(47)56)54-22-20-53(21-23-54)26-30-8-6-29(7-9-30)25-52-18-16-48(17-19-52)28-61-42-33-27-55(38-14-15-40(57)50-43(38)58)45(60)32(33)11-13-35(42)48/h3-5,10-13,24,29-30,38H,6-9,14-23,25-28H2,1-2H3,(H,50,57,58)/t29?,30?,38-/m0/s1. The fourth-order valence-electron chi connectivity index (χ4n) is 12.0. The van der Waals surface area contributed by atoms with Crippen LogP contribution in [0.3, 0.4) is 0 Å². The highest BCUT2D eigenvalue weighted by Crippen LogP contribution is 2.50. The number of nitrogens with one attached hydrogen (secondary N) is 1. The molecule has 0 radical (unpaired) electrons. The molecule has 4 fully saturated rings. The maximum atomic E-state index is 13.4. The summed E-state index contributed by atoms with van der Waals surface area (Å²) < 4.78 is 8.58. The minimum Gasteiger partial charge on any atom is -0.492 e. The lowest BCUT2D eigenvalue weighted by Gasteiger charge is -2.41. The molecule has 3 amide bonds. The molecule has 3 saturated heterocycles. The summed E-state index contributed by atoms with van der Waals surface area (Å²) in [6.45, 7) is 13.9. The number of rotatable bonds is 6. The molecule has 1 saturated carbocycles. The van der Waals surface area contributed by atoms with Crippen LogP contribution in [0.2, 0.25) is 5.02 Å². The fraction of sp³-hybridized carbons (Fsp3) is 0.521. The lowest BCUT2D eigenvalue weighted by atomic mass is 9.73. The number of hydrogen-bond donors (Lipinski definition) is 1. The van der Waals surface area contributed by atoms with Gasteiger partial charge >= 0.3 is 0 Å². The summed E-state index contributed by atoms with van der Waals surface area (Å²) in [5.74, 6) is 2.32. The van der Waals surface area contributed by atoms with Crippen molar-refractivity contribution in [2.75, 3.05) is 63.9 Å². The molecule has 1 atom stereocenters. The lowest BCUT2D eigenvalue weighted by molar-refractivity contribution is -0.136. The molecule has 1 spiro atoms. The third-order valence-electron chi connectivity index (χ3n) is 15.6. The van der Waals surface area contributed by atoms with Gasteiger partial charge in [-0.2, -0.15) is 4.98 Å². The van der Waals surface area contributed by atoms with E-state index in [-0.39, 0.29) is 35.1 Å². The van der Waals surface area contributed by atoms with Gasteiger partial charge in [0.05, 0.1) is 40.2 Å². The monoisotopic (exact) mass is 843 g/mol. The molecular formula is C48H54ClN7O5. The van der Waals surface area contributed by atoms with Crippen LogP contribution in [0.5, 0.6) is 5.75 Å². The second-order valence-corrected chi connectivity index (χ2v) is 19.9. The van der Waals surface area contributed by atoms with Gasteiger partial charge in [-0.05, 0) is 120 Å². The second-order valence-electron chi connectivity index (χ2n) is 19.4. The van der Waals surface area contributed by atoms with Gasteiger partial charge in [-0.25, -0.2) is 0 Å². The van der Waals surface area contributed by atoms with Gasteiger partial charge in [-0.1, -0.05) is 29.8 Å². The van der Waals surface area contributed by atoms with Crippen LogP contribution >= 0.6 is 11.6 Å². The Balaban J connectivity index is 0.664. The number of benzene rings is 3. The van der Waals surface area contributed by atoms with Gasteiger partial charge in [0.25, 0.3) is 11.5 Å². The number of amides is 3. The van der Waals surface area contributed by atoms with Crippen LogP contribution in [-0.4, -0.2) is 107 Å². The van der Waals surface area contributed by atoms with Crippen LogP contribution < -0.4 is 20.5 Å². The fourth-order valence-corrected chi connectivity index (χ4v) is 12.3. The Morgan fingerprint density at radius 1 is 0.836 bits per heavy atom. The molecule has 61 heavy (non-hydrogen) atoms. The number of carbonyl (C=O) groups excluding carboxylic acids is 3. The van der Waals surface area contributed by atoms with Crippen molar-refractivity contribution >= 4 is 45.9 Å². The van der Waals surface area contributed by atoms with Crippen LogP contribution in [0.1, 0.15) is 98.1 Å². The number of fused-ring (bicyclic) bond motifs is 9. The second kappa shape index (κ2) is 14.7. The van der Waals surface area contributed by atoms with Crippen molar-refractivity contribution in [3.8, 4) is 11.4 Å². The highest BCUT2D eigenvalue weighted by Gasteiger charge is 2.48. The van der Waals surface area contributed by atoms with Gasteiger partial charge in [0.1, 0.15) is 17.6 Å². The van der Waals surface area contributed by atoms with E-state index in [1.807, 2.05) is 18.2 Å². The quantitative estimate of drug-likeness (QED) is 0.241. The molecule has 318 valence electrons. The molecule has 7 aliphatic rings. The van der Waals surface area contributed by atoms with E-state index in [0.29, 0.717) is 35.5 Å². The molecule has 7 heterocycles. The molecular weight excluding hydrogens is 790 g/mol. The normalized spacial score (nSPS) is 25.7. The number of nitrogens with zero attached hydrogens (tertiary/aromatic N) is 6. The first-order valence-corrected chi connectivity index (χ1v) is 22.9. The predicted molar refractivity (Wildman–Crippen MR) is 234 cm³/mol. The first-order valence-electron chi connectivity index (χ1n) is 22.5. The van der Waals surface area contributed by atoms with Crippen LogP contribution in [0, 0.1) is 11.8 Å². The number of piperazine rings is 1. The summed E-state index contributed by atoms with van der Waals surface area (Å²) in [6, 6.07) is 15.8. The number of imide groups is 1. The summed E-state index contributed by atoms with van der Waals surface area (Å²) in [5, 5.41) is 3.32. The molecule has 6 aliphatic heterocycles. The zero-order chi connectivity index (χ0) is 41.8. The first kappa shape index (κ1) is 39.1. The van der Waals surface area contributed by atoms with Crippen molar-refractivity contribution in [3.05, 3.63) is 92.0 Å². The largest absolute Gasteiger partial charge is 0.492 e. The van der Waals surface area contributed by atoms with E-state index in [2.05, 4.69) is 67.7 Å². The number of likely N-dealkylation sites (tertiary alicyclic amines) is 1. The average Bonchev–Trinajstić information content (AvgIpc) is 3.86. The number of anilines is 1. The van der Waals surface area contributed by atoms with Gasteiger partial charge in [-0.3, -0.25) is 34.0 Å². The van der Waals surface area contributed by atoms with Crippen molar-refractivity contribution < 1.29 is 19.1 Å². The molecule has 0 unspecified atom stereocenters. The van der Waals surface area contributed by atoms with Crippen molar-refractivity contribution in [3.63, 3.8) is 0 Å². The van der Waals surface area contributed by atoms with Crippen molar-refractivity contribution in [1.29, 1.82) is 0 Å². The Kier molecular flexibility index (Phi) is 9.40.